The second kappa shape index (κ2) is 7.43. The van der Waals surface area contributed by atoms with Crippen LogP contribution in [0.3, 0.4) is 0 Å². The highest BCUT2D eigenvalue weighted by atomic mass is 16.6. The number of hydrogen-bond donors (Lipinski definition) is 1. The van der Waals surface area contributed by atoms with Crippen LogP contribution in [0.1, 0.15) is 66.7 Å². The summed E-state index contributed by atoms with van der Waals surface area (Å²) in [6, 6.07) is 0.490. The first-order chi connectivity index (χ1) is 9.95. The molecule has 5 atom stereocenters. The zero-order valence-electron chi connectivity index (χ0n) is 14.7. The Hall–Kier alpha value is -0.120. The lowest BCUT2D eigenvalue weighted by Gasteiger charge is -2.48. The van der Waals surface area contributed by atoms with Gasteiger partial charge in [0, 0.05) is 12.6 Å². The Kier molecular flexibility index (Phi) is 6.10. The second-order valence-corrected chi connectivity index (χ2v) is 7.93. The van der Waals surface area contributed by atoms with Gasteiger partial charge in [-0.2, -0.15) is 0 Å². The van der Waals surface area contributed by atoms with Crippen LogP contribution >= 0.6 is 0 Å². The van der Waals surface area contributed by atoms with Crippen LogP contribution in [0.5, 0.6) is 0 Å². The van der Waals surface area contributed by atoms with Crippen molar-refractivity contribution in [3.05, 3.63) is 0 Å². The van der Waals surface area contributed by atoms with E-state index < -0.39 is 0 Å². The van der Waals surface area contributed by atoms with Crippen LogP contribution in [-0.4, -0.2) is 37.5 Å². The lowest BCUT2D eigenvalue weighted by atomic mass is 9.71. The zero-order chi connectivity index (χ0) is 15.5. The molecule has 0 amide bonds. The van der Waals surface area contributed by atoms with Crippen LogP contribution in [0.15, 0.2) is 0 Å². The smallest absolute Gasteiger partial charge is 0.0990 e. The topological polar surface area (TPSA) is 30.5 Å². The summed E-state index contributed by atoms with van der Waals surface area (Å²) in [7, 11) is 0. The van der Waals surface area contributed by atoms with Crippen LogP contribution in [0.4, 0.5) is 0 Å². The largest absolute Gasteiger partial charge is 0.374 e. The molecule has 0 heterocycles. The maximum atomic E-state index is 6.44. The van der Waals surface area contributed by atoms with Crippen molar-refractivity contribution in [1.82, 2.24) is 5.32 Å². The monoisotopic (exact) mass is 297 g/mol. The van der Waals surface area contributed by atoms with Crippen LogP contribution in [0.25, 0.3) is 0 Å². The Labute approximate surface area is 131 Å². The fourth-order valence-electron chi connectivity index (χ4n) is 4.27. The third-order valence-corrected chi connectivity index (χ3v) is 4.98. The summed E-state index contributed by atoms with van der Waals surface area (Å²) >= 11 is 0. The van der Waals surface area contributed by atoms with E-state index in [0.29, 0.717) is 23.7 Å². The van der Waals surface area contributed by atoms with Gasteiger partial charge in [0.05, 0.1) is 18.3 Å². The molecule has 0 bridgehead atoms. The predicted octanol–water partition coefficient (Wildman–Crippen LogP) is 3.76. The molecule has 0 aromatic carbocycles. The van der Waals surface area contributed by atoms with E-state index in [0.717, 1.165) is 25.5 Å². The molecule has 2 saturated carbocycles. The summed E-state index contributed by atoms with van der Waals surface area (Å²) in [5.41, 5.74) is 0.424. The van der Waals surface area contributed by atoms with E-state index in [2.05, 4.69) is 39.9 Å². The molecule has 0 radical (unpaired) electrons. The van der Waals surface area contributed by atoms with Crippen LogP contribution in [0.2, 0.25) is 0 Å². The molecule has 0 aromatic rings. The normalized spacial score (nSPS) is 39.0. The van der Waals surface area contributed by atoms with Crippen molar-refractivity contribution >= 4 is 0 Å². The Bertz CT molecular complexity index is 318. The second-order valence-electron chi connectivity index (χ2n) is 7.93. The Morgan fingerprint density at radius 3 is 2.52 bits per heavy atom. The van der Waals surface area contributed by atoms with Crippen LogP contribution < -0.4 is 5.32 Å². The minimum Gasteiger partial charge on any atom is -0.374 e. The van der Waals surface area contributed by atoms with Gasteiger partial charge in [0.2, 0.25) is 0 Å². The fraction of sp³-hybridized carbons (Fsp3) is 1.00. The van der Waals surface area contributed by atoms with E-state index in [4.69, 9.17) is 9.47 Å². The lowest BCUT2D eigenvalue weighted by molar-refractivity contribution is -0.179. The Morgan fingerprint density at radius 1 is 1.14 bits per heavy atom. The van der Waals surface area contributed by atoms with E-state index in [-0.39, 0.29) is 6.10 Å². The van der Waals surface area contributed by atoms with Crippen LogP contribution in [-0.2, 0) is 9.47 Å². The van der Waals surface area contributed by atoms with E-state index >= 15 is 0 Å². The summed E-state index contributed by atoms with van der Waals surface area (Å²) in [6.45, 7) is 13.3. The molecule has 1 N–H and O–H groups in total. The Morgan fingerprint density at radius 2 is 1.90 bits per heavy atom. The van der Waals surface area contributed by atoms with Gasteiger partial charge < -0.3 is 14.8 Å². The SMILES string of the molecule is CCCNC1CC(OC2CC(C)CC(C)(C)C2)C1OCC. The van der Waals surface area contributed by atoms with Gasteiger partial charge in [-0.25, -0.2) is 0 Å². The van der Waals surface area contributed by atoms with Crippen LogP contribution in [0, 0.1) is 11.3 Å². The highest BCUT2D eigenvalue weighted by molar-refractivity contribution is 4.98. The zero-order valence-corrected chi connectivity index (χ0v) is 14.7. The van der Waals surface area contributed by atoms with Crippen molar-refractivity contribution in [3.63, 3.8) is 0 Å². The van der Waals surface area contributed by atoms with Crippen molar-refractivity contribution in [2.75, 3.05) is 13.2 Å². The number of ether oxygens (including phenoxy) is 2. The van der Waals surface area contributed by atoms with Gasteiger partial charge in [0.25, 0.3) is 0 Å². The van der Waals surface area contributed by atoms with Gasteiger partial charge in [0.1, 0.15) is 0 Å². The summed E-state index contributed by atoms with van der Waals surface area (Å²) in [6.07, 6.45) is 6.99. The molecule has 3 nitrogen and oxygen atoms in total. The molecule has 2 rings (SSSR count). The minimum absolute atomic E-state index is 0.252. The van der Waals surface area contributed by atoms with Gasteiger partial charge in [-0.15, -0.1) is 0 Å². The van der Waals surface area contributed by atoms with Gasteiger partial charge in [-0.3, -0.25) is 0 Å². The van der Waals surface area contributed by atoms with Crippen molar-refractivity contribution in [2.45, 2.75) is 91.1 Å². The quantitative estimate of drug-likeness (QED) is 0.776. The molecule has 0 spiro atoms. The standard InChI is InChI=1S/C18H35NO2/c1-6-8-19-15-10-16(17(15)20-7-2)21-14-9-13(3)11-18(4,5)12-14/h13-17,19H,6-12H2,1-5H3. The fourth-order valence-corrected chi connectivity index (χ4v) is 4.27. The highest BCUT2D eigenvalue weighted by Crippen LogP contribution is 2.41. The van der Waals surface area contributed by atoms with Gasteiger partial charge in [-0.1, -0.05) is 27.7 Å². The van der Waals surface area contributed by atoms with Gasteiger partial charge in [-0.05, 0) is 56.9 Å². The third kappa shape index (κ3) is 4.67. The molecule has 2 aliphatic rings. The van der Waals surface area contributed by atoms with E-state index in [9.17, 15) is 0 Å². The van der Waals surface area contributed by atoms with E-state index in [1.807, 2.05) is 0 Å². The maximum Gasteiger partial charge on any atom is 0.0990 e. The molecule has 3 heteroatoms. The molecule has 0 aliphatic heterocycles. The number of rotatable bonds is 7. The van der Waals surface area contributed by atoms with Crippen molar-refractivity contribution in [2.24, 2.45) is 11.3 Å². The number of nitrogens with one attached hydrogen (secondary N) is 1. The molecule has 2 fully saturated rings. The first-order valence-electron chi connectivity index (χ1n) is 8.95. The molecule has 5 unspecified atom stereocenters. The molecular formula is C18H35NO2. The van der Waals surface area contributed by atoms with Crippen molar-refractivity contribution in [3.8, 4) is 0 Å². The molecule has 2 aliphatic carbocycles. The Balaban J connectivity index is 1.84. The third-order valence-electron chi connectivity index (χ3n) is 4.98. The average molecular weight is 297 g/mol. The van der Waals surface area contributed by atoms with Crippen molar-refractivity contribution < 1.29 is 9.47 Å². The molecule has 0 aromatic heterocycles. The van der Waals surface area contributed by atoms with Gasteiger partial charge in [0.15, 0.2) is 0 Å². The first-order valence-corrected chi connectivity index (χ1v) is 8.95. The summed E-state index contributed by atoms with van der Waals surface area (Å²) in [5, 5.41) is 3.59. The average Bonchev–Trinajstić information content (AvgIpc) is 2.37. The predicted molar refractivity (Wildman–Crippen MR) is 87.6 cm³/mol. The first kappa shape index (κ1) is 17.2. The molecule has 124 valence electrons. The van der Waals surface area contributed by atoms with Gasteiger partial charge >= 0.3 is 0 Å². The van der Waals surface area contributed by atoms with Crippen molar-refractivity contribution in [1.29, 1.82) is 0 Å². The minimum atomic E-state index is 0.252. The van der Waals surface area contributed by atoms with E-state index in [1.165, 1.54) is 25.7 Å². The molecular weight excluding hydrogens is 262 g/mol. The number of hydrogen-bond acceptors (Lipinski definition) is 3. The lowest BCUT2D eigenvalue weighted by Crippen LogP contribution is -2.61. The molecule has 21 heavy (non-hydrogen) atoms. The summed E-state index contributed by atoms with van der Waals surface area (Å²) in [5.74, 6) is 0.776. The summed E-state index contributed by atoms with van der Waals surface area (Å²) in [4.78, 5) is 0. The molecule has 0 saturated heterocycles. The maximum absolute atomic E-state index is 6.44. The summed E-state index contributed by atoms with van der Waals surface area (Å²) < 4.78 is 12.4. The van der Waals surface area contributed by atoms with E-state index in [1.54, 1.807) is 0 Å². The highest BCUT2D eigenvalue weighted by Gasteiger charge is 2.44.